The first-order chi connectivity index (χ1) is 13.3. The molecule has 1 aromatic heterocycles. The number of aromatic nitrogens is 1. The topological polar surface area (TPSA) is 68.0 Å². The van der Waals surface area contributed by atoms with Crippen LogP contribution in [0.3, 0.4) is 0 Å². The van der Waals surface area contributed by atoms with Crippen molar-refractivity contribution in [1.82, 2.24) is 4.98 Å². The van der Waals surface area contributed by atoms with Gasteiger partial charge in [-0.05, 0) is 54.5 Å². The number of halogens is 3. The van der Waals surface area contributed by atoms with E-state index in [4.69, 9.17) is 5.73 Å². The molecule has 0 aliphatic rings. The molecule has 0 atom stereocenters. The molecule has 3 N–H and O–H groups in total. The number of carbonyl (C=O) groups is 1. The third-order valence-electron chi connectivity index (χ3n) is 4.19. The van der Waals surface area contributed by atoms with Crippen molar-refractivity contribution in [3.8, 4) is 0 Å². The normalized spacial score (nSPS) is 11.9. The fourth-order valence-electron chi connectivity index (χ4n) is 2.71. The summed E-state index contributed by atoms with van der Waals surface area (Å²) in [6, 6.07) is 11.6. The molecule has 0 bridgehead atoms. The molecule has 144 valence electrons. The van der Waals surface area contributed by atoms with E-state index in [1.165, 1.54) is 24.3 Å². The van der Waals surface area contributed by atoms with Crippen molar-refractivity contribution < 1.29 is 18.0 Å². The Morgan fingerprint density at radius 3 is 2.50 bits per heavy atom. The molecule has 0 saturated carbocycles. The smallest absolute Gasteiger partial charge is 0.398 e. The first kappa shape index (κ1) is 19.4. The fourth-order valence-corrected chi connectivity index (χ4v) is 2.71. The number of aryl methyl sites for hydroxylation is 1. The maximum atomic E-state index is 12.6. The molecule has 2 aromatic carbocycles. The number of nitrogens with one attached hydrogen (secondary N) is 1. The Morgan fingerprint density at radius 1 is 1.14 bits per heavy atom. The van der Waals surface area contributed by atoms with Gasteiger partial charge in [-0.3, -0.25) is 9.78 Å². The Kier molecular flexibility index (Phi) is 5.35. The summed E-state index contributed by atoms with van der Waals surface area (Å²) in [6.07, 6.45) is -0.910. The van der Waals surface area contributed by atoms with E-state index >= 15 is 0 Å². The lowest BCUT2D eigenvalue weighted by Crippen LogP contribution is -2.08. The van der Waals surface area contributed by atoms with Gasteiger partial charge in [-0.1, -0.05) is 19.1 Å². The van der Waals surface area contributed by atoms with Crippen molar-refractivity contribution >= 4 is 34.3 Å². The summed E-state index contributed by atoms with van der Waals surface area (Å²) in [5, 5.41) is 3.44. The van der Waals surface area contributed by atoms with Gasteiger partial charge in [-0.15, -0.1) is 0 Å². The molecule has 7 heteroatoms. The number of carbonyl (C=O) groups excluding carboxylic acids is 1. The van der Waals surface area contributed by atoms with Gasteiger partial charge in [0.2, 0.25) is 5.91 Å². The zero-order chi connectivity index (χ0) is 20.3. The van der Waals surface area contributed by atoms with E-state index < -0.39 is 17.6 Å². The monoisotopic (exact) mass is 385 g/mol. The van der Waals surface area contributed by atoms with E-state index in [1.807, 2.05) is 6.92 Å². The number of pyridine rings is 1. The van der Waals surface area contributed by atoms with E-state index in [2.05, 4.69) is 10.3 Å². The van der Waals surface area contributed by atoms with Crippen LogP contribution in [-0.2, 0) is 17.4 Å². The second-order valence-electron chi connectivity index (χ2n) is 6.23. The van der Waals surface area contributed by atoms with Gasteiger partial charge in [0.1, 0.15) is 0 Å². The summed E-state index contributed by atoms with van der Waals surface area (Å²) in [6.45, 7) is 1.99. The van der Waals surface area contributed by atoms with Crippen molar-refractivity contribution in [3.63, 3.8) is 0 Å². The molecule has 0 saturated heterocycles. The van der Waals surface area contributed by atoms with Crippen LogP contribution in [0, 0.1) is 0 Å². The number of hydrogen-bond acceptors (Lipinski definition) is 3. The molecule has 3 rings (SSSR count). The van der Waals surface area contributed by atoms with Crippen molar-refractivity contribution in [2.45, 2.75) is 19.5 Å². The SMILES string of the molecule is CCc1cc(N)c2cc(NC(=O)C=Cc3ccc(C(F)(F)F)cc3)ccc2n1. The summed E-state index contributed by atoms with van der Waals surface area (Å²) in [4.78, 5) is 16.6. The van der Waals surface area contributed by atoms with Crippen LogP contribution < -0.4 is 11.1 Å². The molecular weight excluding hydrogens is 367 g/mol. The summed E-state index contributed by atoms with van der Waals surface area (Å²) in [5.41, 5.74) is 8.58. The standard InChI is InChI=1S/C21H18F3N3O/c1-2-15-12-18(25)17-11-16(8-9-19(17)26-15)27-20(28)10-5-13-3-6-14(7-4-13)21(22,23)24/h3-12H,2H2,1H3,(H2,25,26)(H,27,28). The van der Waals surface area contributed by atoms with Crippen LogP contribution in [0.5, 0.6) is 0 Å². The number of anilines is 2. The van der Waals surface area contributed by atoms with E-state index in [-0.39, 0.29) is 0 Å². The maximum absolute atomic E-state index is 12.6. The van der Waals surface area contributed by atoms with Crippen LogP contribution in [0.1, 0.15) is 23.7 Å². The summed E-state index contributed by atoms with van der Waals surface area (Å²) in [5.74, 6) is -0.407. The highest BCUT2D eigenvalue weighted by molar-refractivity contribution is 6.03. The van der Waals surface area contributed by atoms with E-state index in [1.54, 1.807) is 24.3 Å². The molecule has 0 fully saturated rings. The Morgan fingerprint density at radius 2 is 1.86 bits per heavy atom. The van der Waals surface area contributed by atoms with Gasteiger partial charge in [-0.2, -0.15) is 13.2 Å². The van der Waals surface area contributed by atoms with Crippen LogP contribution in [0.25, 0.3) is 17.0 Å². The van der Waals surface area contributed by atoms with Crippen molar-refractivity contribution in [1.29, 1.82) is 0 Å². The third kappa shape index (κ3) is 4.49. The van der Waals surface area contributed by atoms with Gasteiger partial charge in [0, 0.05) is 28.5 Å². The zero-order valence-electron chi connectivity index (χ0n) is 15.0. The van der Waals surface area contributed by atoms with Crippen molar-refractivity contribution in [2.75, 3.05) is 11.1 Å². The highest BCUT2D eigenvalue weighted by Crippen LogP contribution is 2.29. The predicted octanol–water partition coefficient (Wildman–Crippen LogP) is 5.05. The lowest BCUT2D eigenvalue weighted by Gasteiger charge is -2.08. The zero-order valence-corrected chi connectivity index (χ0v) is 15.0. The molecular formula is C21H18F3N3O. The van der Waals surface area contributed by atoms with Crippen LogP contribution in [0.4, 0.5) is 24.5 Å². The Hall–Kier alpha value is -3.35. The molecule has 0 radical (unpaired) electrons. The van der Waals surface area contributed by atoms with Gasteiger partial charge >= 0.3 is 6.18 Å². The maximum Gasteiger partial charge on any atom is 0.416 e. The molecule has 0 unspecified atom stereocenters. The van der Waals surface area contributed by atoms with Crippen LogP contribution in [0.2, 0.25) is 0 Å². The molecule has 1 amide bonds. The molecule has 0 spiro atoms. The molecule has 0 aliphatic carbocycles. The van der Waals surface area contributed by atoms with Crippen LogP contribution in [-0.4, -0.2) is 10.9 Å². The minimum Gasteiger partial charge on any atom is -0.398 e. The number of nitrogen functional groups attached to an aromatic ring is 1. The van der Waals surface area contributed by atoms with Crippen LogP contribution in [0.15, 0.2) is 54.6 Å². The number of hydrogen-bond donors (Lipinski definition) is 2. The quantitative estimate of drug-likeness (QED) is 0.618. The lowest BCUT2D eigenvalue weighted by atomic mass is 10.1. The molecule has 3 aromatic rings. The van der Waals surface area contributed by atoms with Crippen molar-refractivity contribution in [2.24, 2.45) is 0 Å². The third-order valence-corrected chi connectivity index (χ3v) is 4.19. The first-order valence-electron chi connectivity index (χ1n) is 8.62. The van der Waals surface area contributed by atoms with E-state index in [0.29, 0.717) is 16.9 Å². The molecule has 0 aliphatic heterocycles. The van der Waals surface area contributed by atoms with Crippen LogP contribution >= 0.6 is 0 Å². The van der Waals surface area contributed by atoms with Gasteiger partial charge in [0.15, 0.2) is 0 Å². The van der Waals surface area contributed by atoms with E-state index in [0.717, 1.165) is 35.2 Å². The highest BCUT2D eigenvalue weighted by Gasteiger charge is 2.29. The molecule has 1 heterocycles. The minimum absolute atomic E-state index is 0.407. The molecule has 4 nitrogen and oxygen atoms in total. The minimum atomic E-state index is -4.38. The predicted molar refractivity (Wildman–Crippen MR) is 105 cm³/mol. The second-order valence-corrected chi connectivity index (χ2v) is 6.23. The fraction of sp³-hybridized carbons (Fsp3) is 0.143. The Balaban J connectivity index is 1.72. The number of rotatable bonds is 4. The lowest BCUT2D eigenvalue weighted by molar-refractivity contribution is -0.137. The number of alkyl halides is 3. The summed E-state index contributed by atoms with van der Waals surface area (Å²) >= 11 is 0. The Labute approximate surface area is 159 Å². The number of benzene rings is 2. The number of fused-ring (bicyclic) bond motifs is 1. The van der Waals surface area contributed by atoms with Gasteiger partial charge in [-0.25, -0.2) is 0 Å². The summed E-state index contributed by atoms with van der Waals surface area (Å²) in [7, 11) is 0. The first-order valence-corrected chi connectivity index (χ1v) is 8.62. The summed E-state index contributed by atoms with van der Waals surface area (Å²) < 4.78 is 37.7. The highest BCUT2D eigenvalue weighted by atomic mass is 19.4. The van der Waals surface area contributed by atoms with E-state index in [9.17, 15) is 18.0 Å². The second kappa shape index (κ2) is 7.72. The van der Waals surface area contributed by atoms with Gasteiger partial charge in [0.25, 0.3) is 0 Å². The average Bonchev–Trinajstić information content (AvgIpc) is 2.66. The number of nitrogens with zero attached hydrogens (tertiary/aromatic N) is 1. The van der Waals surface area contributed by atoms with Crippen molar-refractivity contribution in [3.05, 3.63) is 71.4 Å². The largest absolute Gasteiger partial charge is 0.416 e. The molecule has 28 heavy (non-hydrogen) atoms. The van der Waals surface area contributed by atoms with Gasteiger partial charge in [0.05, 0.1) is 11.1 Å². The Bertz CT molecular complexity index is 1040. The van der Waals surface area contributed by atoms with Gasteiger partial charge < -0.3 is 11.1 Å². The number of nitrogens with two attached hydrogens (primary N) is 1. The number of amides is 1. The average molecular weight is 385 g/mol.